The number of benzene rings is 1. The Hall–Kier alpha value is -3.34. The van der Waals surface area contributed by atoms with Crippen molar-refractivity contribution < 1.29 is 19.2 Å². The van der Waals surface area contributed by atoms with Gasteiger partial charge >= 0.3 is 6.03 Å². The van der Waals surface area contributed by atoms with Crippen molar-refractivity contribution in [3.05, 3.63) is 29.8 Å². The van der Waals surface area contributed by atoms with Crippen LogP contribution in [0.3, 0.4) is 0 Å². The van der Waals surface area contributed by atoms with Crippen LogP contribution in [0.1, 0.15) is 31.2 Å². The first-order chi connectivity index (χ1) is 12.9. The Labute approximate surface area is 156 Å². The van der Waals surface area contributed by atoms with E-state index in [0.29, 0.717) is 24.1 Å². The van der Waals surface area contributed by atoms with Gasteiger partial charge in [-0.3, -0.25) is 19.3 Å². The molecule has 0 aromatic heterocycles. The summed E-state index contributed by atoms with van der Waals surface area (Å²) < 4.78 is 0. The highest BCUT2D eigenvalue weighted by Crippen LogP contribution is 2.34. The van der Waals surface area contributed by atoms with E-state index in [1.807, 2.05) is 0 Å². The summed E-state index contributed by atoms with van der Waals surface area (Å²) in [6, 6.07) is 6.18. The van der Waals surface area contributed by atoms with Crippen LogP contribution in [0.2, 0.25) is 0 Å². The third-order valence-electron chi connectivity index (χ3n) is 4.76. The van der Waals surface area contributed by atoms with Gasteiger partial charge in [-0.05, 0) is 31.0 Å². The minimum absolute atomic E-state index is 0.284. The molecule has 0 bridgehead atoms. The lowest BCUT2D eigenvalue weighted by Crippen LogP contribution is -2.46. The van der Waals surface area contributed by atoms with Crippen LogP contribution in [0.15, 0.2) is 24.3 Å². The molecule has 27 heavy (non-hydrogen) atoms. The molecule has 0 unspecified atom stereocenters. The molecule has 2 aliphatic rings. The number of nitrogens with one attached hydrogen (secondary N) is 3. The number of imide groups is 1. The molecule has 5 amide bonds. The standard InChI is InChI=1S/C19H20N4O4/c1-2-13-6-5-7-14(10-13)21-15(24)11-20-16(25)12-23-17(26)19(22-18(23)27)8-3-4-9-19/h1,5-7,10H,3-4,8-9,11-12H2,(H,20,25)(H,21,24)(H,22,27). The van der Waals surface area contributed by atoms with Crippen molar-refractivity contribution in [2.45, 2.75) is 31.2 Å². The maximum Gasteiger partial charge on any atom is 0.325 e. The zero-order valence-corrected chi connectivity index (χ0v) is 14.7. The van der Waals surface area contributed by atoms with Gasteiger partial charge in [0.25, 0.3) is 5.91 Å². The van der Waals surface area contributed by atoms with Gasteiger partial charge in [-0.1, -0.05) is 24.8 Å². The third-order valence-corrected chi connectivity index (χ3v) is 4.76. The van der Waals surface area contributed by atoms with Crippen molar-refractivity contribution in [2.24, 2.45) is 0 Å². The fourth-order valence-electron chi connectivity index (χ4n) is 3.41. The van der Waals surface area contributed by atoms with E-state index in [4.69, 9.17) is 6.42 Å². The molecule has 3 N–H and O–H groups in total. The number of anilines is 1. The Balaban J connectivity index is 1.49. The number of carbonyl (C=O) groups excluding carboxylic acids is 4. The molecule has 8 nitrogen and oxygen atoms in total. The molecule has 1 heterocycles. The molecule has 1 aliphatic heterocycles. The molecule has 1 aliphatic carbocycles. The molecule has 1 saturated heterocycles. The first-order valence-electron chi connectivity index (χ1n) is 8.71. The molecule has 0 atom stereocenters. The Kier molecular flexibility index (Phi) is 5.12. The minimum atomic E-state index is -0.850. The Morgan fingerprint density at radius 1 is 1.22 bits per heavy atom. The van der Waals surface area contributed by atoms with E-state index >= 15 is 0 Å². The smallest absolute Gasteiger partial charge is 0.325 e. The van der Waals surface area contributed by atoms with E-state index in [-0.39, 0.29) is 12.5 Å². The summed E-state index contributed by atoms with van der Waals surface area (Å²) in [5.41, 5.74) is 0.287. The number of terminal acetylenes is 1. The first kappa shape index (κ1) is 18.5. The lowest BCUT2D eigenvalue weighted by molar-refractivity contribution is -0.135. The maximum atomic E-state index is 12.5. The summed E-state index contributed by atoms with van der Waals surface area (Å²) in [7, 11) is 0. The van der Waals surface area contributed by atoms with Crippen molar-refractivity contribution in [3.8, 4) is 12.3 Å². The average molecular weight is 368 g/mol. The summed E-state index contributed by atoms with van der Waals surface area (Å²) in [6.07, 6.45) is 8.23. The van der Waals surface area contributed by atoms with Crippen LogP contribution in [0.5, 0.6) is 0 Å². The van der Waals surface area contributed by atoms with Crippen LogP contribution < -0.4 is 16.0 Å². The van der Waals surface area contributed by atoms with E-state index in [9.17, 15) is 19.2 Å². The zero-order chi connectivity index (χ0) is 19.4. The SMILES string of the molecule is C#Cc1cccc(NC(=O)CNC(=O)CN2C(=O)NC3(CCCC3)C2=O)c1. The molecule has 140 valence electrons. The zero-order valence-electron chi connectivity index (χ0n) is 14.7. The highest BCUT2D eigenvalue weighted by atomic mass is 16.2. The fourth-order valence-corrected chi connectivity index (χ4v) is 3.41. The van der Waals surface area contributed by atoms with Gasteiger partial charge in [-0.15, -0.1) is 6.42 Å². The normalized spacial score (nSPS) is 17.5. The highest BCUT2D eigenvalue weighted by molar-refractivity contribution is 6.09. The van der Waals surface area contributed by atoms with Crippen LogP contribution in [0, 0.1) is 12.3 Å². The van der Waals surface area contributed by atoms with Crippen molar-refractivity contribution in [3.63, 3.8) is 0 Å². The van der Waals surface area contributed by atoms with Crippen molar-refractivity contribution in [1.82, 2.24) is 15.5 Å². The number of hydrogen-bond donors (Lipinski definition) is 3. The van der Waals surface area contributed by atoms with Crippen LogP contribution in [0.4, 0.5) is 10.5 Å². The number of carbonyl (C=O) groups is 4. The predicted octanol–water partition coefficient (Wildman–Crippen LogP) is 0.587. The van der Waals surface area contributed by atoms with Crippen LogP contribution >= 0.6 is 0 Å². The molecule has 3 rings (SSSR count). The number of rotatable bonds is 5. The lowest BCUT2D eigenvalue weighted by atomic mass is 9.98. The third kappa shape index (κ3) is 3.92. The largest absolute Gasteiger partial charge is 0.345 e. The number of nitrogens with zero attached hydrogens (tertiary/aromatic N) is 1. The summed E-state index contributed by atoms with van der Waals surface area (Å²) in [6.45, 7) is -0.694. The monoisotopic (exact) mass is 368 g/mol. The molecular weight excluding hydrogens is 348 g/mol. The van der Waals surface area contributed by atoms with E-state index < -0.39 is 29.9 Å². The van der Waals surface area contributed by atoms with E-state index in [1.165, 1.54) is 0 Å². The Morgan fingerprint density at radius 2 is 1.96 bits per heavy atom. The van der Waals surface area contributed by atoms with Crippen molar-refractivity contribution in [2.75, 3.05) is 18.4 Å². The topological polar surface area (TPSA) is 108 Å². The van der Waals surface area contributed by atoms with Gasteiger partial charge in [0.05, 0.1) is 6.54 Å². The van der Waals surface area contributed by atoms with Gasteiger partial charge in [0, 0.05) is 11.3 Å². The fraction of sp³-hybridized carbons (Fsp3) is 0.368. The quantitative estimate of drug-likeness (QED) is 0.522. The number of urea groups is 1. The second-order valence-electron chi connectivity index (χ2n) is 6.66. The first-order valence-corrected chi connectivity index (χ1v) is 8.71. The van der Waals surface area contributed by atoms with Gasteiger partial charge in [-0.25, -0.2) is 4.79 Å². The molecule has 0 radical (unpaired) electrons. The molecule has 1 saturated carbocycles. The molecule has 2 fully saturated rings. The Morgan fingerprint density at radius 3 is 2.67 bits per heavy atom. The molecule has 1 aromatic rings. The molecule has 8 heteroatoms. The Bertz CT molecular complexity index is 836. The van der Waals surface area contributed by atoms with Crippen LogP contribution in [0.25, 0.3) is 0 Å². The maximum absolute atomic E-state index is 12.5. The molecule has 1 spiro atoms. The molecular formula is C19H20N4O4. The van der Waals surface area contributed by atoms with Crippen LogP contribution in [-0.4, -0.2) is 47.3 Å². The van der Waals surface area contributed by atoms with E-state index in [0.717, 1.165) is 17.7 Å². The lowest BCUT2D eigenvalue weighted by Gasteiger charge is -2.19. The predicted molar refractivity (Wildman–Crippen MR) is 97.5 cm³/mol. The summed E-state index contributed by atoms with van der Waals surface area (Å²) in [5.74, 6) is 1.07. The second-order valence-corrected chi connectivity index (χ2v) is 6.66. The highest BCUT2D eigenvalue weighted by Gasteiger charge is 2.52. The van der Waals surface area contributed by atoms with Gasteiger partial charge in [0.1, 0.15) is 12.1 Å². The van der Waals surface area contributed by atoms with Crippen LogP contribution in [-0.2, 0) is 14.4 Å². The number of amides is 5. The second kappa shape index (κ2) is 7.50. The van der Waals surface area contributed by atoms with Gasteiger partial charge in [0.2, 0.25) is 11.8 Å². The summed E-state index contributed by atoms with van der Waals surface area (Å²) >= 11 is 0. The average Bonchev–Trinajstić information content (AvgIpc) is 3.21. The summed E-state index contributed by atoms with van der Waals surface area (Å²) in [4.78, 5) is 49.4. The van der Waals surface area contributed by atoms with Crippen molar-refractivity contribution >= 4 is 29.4 Å². The van der Waals surface area contributed by atoms with Gasteiger partial charge in [0.15, 0.2) is 0 Å². The summed E-state index contributed by atoms with van der Waals surface area (Å²) in [5, 5.41) is 7.73. The van der Waals surface area contributed by atoms with Gasteiger partial charge < -0.3 is 16.0 Å². The van der Waals surface area contributed by atoms with Crippen molar-refractivity contribution in [1.29, 1.82) is 0 Å². The minimum Gasteiger partial charge on any atom is -0.345 e. The van der Waals surface area contributed by atoms with Gasteiger partial charge in [-0.2, -0.15) is 0 Å². The van der Waals surface area contributed by atoms with E-state index in [1.54, 1.807) is 24.3 Å². The number of hydrogen-bond acceptors (Lipinski definition) is 4. The van der Waals surface area contributed by atoms with E-state index in [2.05, 4.69) is 21.9 Å². The molecule has 1 aromatic carbocycles.